The maximum Gasteiger partial charge on any atom is 0.418 e. The molecule has 12 heteroatoms. The van der Waals surface area contributed by atoms with Crippen molar-refractivity contribution >= 4 is 23.2 Å². The lowest BCUT2D eigenvalue weighted by Crippen LogP contribution is -2.37. The molecule has 0 saturated carbocycles. The topological polar surface area (TPSA) is 91.2 Å². The minimum absolute atomic E-state index is 0.132. The Hall–Kier alpha value is -4.87. The van der Waals surface area contributed by atoms with Gasteiger partial charge in [0.15, 0.2) is 0 Å². The number of aryl methyl sites for hydroxylation is 1. The molecule has 1 aliphatic rings. The van der Waals surface area contributed by atoms with Gasteiger partial charge in [0.2, 0.25) is 5.95 Å². The van der Waals surface area contributed by atoms with Crippen LogP contribution in [0.1, 0.15) is 21.6 Å². The lowest BCUT2D eigenvalue weighted by Gasteiger charge is -2.31. The van der Waals surface area contributed by atoms with Gasteiger partial charge in [0.25, 0.3) is 5.91 Å². The van der Waals surface area contributed by atoms with Gasteiger partial charge in [-0.15, -0.1) is 0 Å². The number of hydrogen-bond acceptors (Lipinski definition) is 7. The van der Waals surface area contributed by atoms with Gasteiger partial charge in [-0.1, -0.05) is 0 Å². The van der Waals surface area contributed by atoms with Crippen LogP contribution in [-0.4, -0.2) is 37.1 Å². The van der Waals surface area contributed by atoms with E-state index in [2.05, 4.69) is 25.6 Å². The number of imidazole rings is 1. The highest BCUT2D eigenvalue weighted by atomic mass is 19.4. The van der Waals surface area contributed by atoms with Crippen molar-refractivity contribution in [3.8, 4) is 5.69 Å². The summed E-state index contributed by atoms with van der Waals surface area (Å²) in [5.74, 6) is -0.0237. The molecule has 9 nitrogen and oxygen atoms in total. The number of nitrogens with zero attached hydrogens (tertiary/aromatic N) is 6. The first-order chi connectivity index (χ1) is 17.8. The summed E-state index contributed by atoms with van der Waals surface area (Å²) < 4.78 is 42.1. The molecule has 0 fully saturated rings. The molecule has 1 amide bonds. The van der Waals surface area contributed by atoms with E-state index in [9.17, 15) is 18.0 Å². The van der Waals surface area contributed by atoms with Crippen molar-refractivity contribution in [2.24, 2.45) is 0 Å². The molecule has 2 aromatic carbocycles. The normalized spacial score (nSPS) is 12.9. The van der Waals surface area contributed by atoms with Crippen molar-refractivity contribution < 1.29 is 18.0 Å². The van der Waals surface area contributed by atoms with Crippen molar-refractivity contribution in [1.82, 2.24) is 29.8 Å². The molecule has 0 bridgehead atoms. The second-order valence-electron chi connectivity index (χ2n) is 8.13. The fourth-order valence-electron chi connectivity index (χ4n) is 3.83. The average molecular weight is 506 g/mol. The first kappa shape index (κ1) is 23.9. The van der Waals surface area contributed by atoms with Crippen LogP contribution in [-0.2, 0) is 6.18 Å². The van der Waals surface area contributed by atoms with Crippen LogP contribution in [0.4, 0.5) is 30.5 Å². The maximum absolute atomic E-state index is 13.6. The minimum atomic E-state index is -4.57. The number of alkyl halides is 3. The fraction of sp³-hybridized carbons (Fsp3) is 0.120. The monoisotopic (exact) mass is 506 g/mol. The second kappa shape index (κ2) is 9.64. The number of benzene rings is 2. The lowest BCUT2D eigenvalue weighted by atomic mass is 10.1. The molecule has 0 atom stereocenters. The van der Waals surface area contributed by atoms with Gasteiger partial charge in [0, 0.05) is 42.2 Å². The Morgan fingerprint density at radius 2 is 1.84 bits per heavy atom. The molecule has 3 heterocycles. The first-order valence-electron chi connectivity index (χ1n) is 11.2. The highest BCUT2D eigenvalue weighted by Gasteiger charge is 2.34. The first-order valence-corrected chi connectivity index (χ1v) is 11.2. The van der Waals surface area contributed by atoms with Gasteiger partial charge >= 0.3 is 6.18 Å². The third-order valence-corrected chi connectivity index (χ3v) is 5.54. The molecule has 0 aliphatic carbocycles. The summed E-state index contributed by atoms with van der Waals surface area (Å²) in [5, 5.41) is 9.42. The van der Waals surface area contributed by atoms with Crippen molar-refractivity contribution in [2.45, 2.75) is 13.1 Å². The number of carbonyl (C=O) groups excluding carboxylic acids is 1. The zero-order valence-electron chi connectivity index (χ0n) is 19.5. The predicted octanol–water partition coefficient (Wildman–Crippen LogP) is 4.63. The summed E-state index contributed by atoms with van der Waals surface area (Å²) in [6.07, 6.45) is 5.11. The van der Waals surface area contributed by atoms with Gasteiger partial charge in [0.05, 0.1) is 29.0 Å². The van der Waals surface area contributed by atoms with E-state index in [1.807, 2.05) is 11.2 Å². The van der Waals surface area contributed by atoms with Crippen LogP contribution in [0.5, 0.6) is 0 Å². The predicted molar refractivity (Wildman–Crippen MR) is 131 cm³/mol. The Morgan fingerprint density at radius 1 is 1.08 bits per heavy atom. The van der Waals surface area contributed by atoms with E-state index >= 15 is 0 Å². The van der Waals surface area contributed by atoms with Gasteiger partial charge in [-0.05, 0) is 55.5 Å². The Morgan fingerprint density at radius 3 is 2.46 bits per heavy atom. The molecule has 188 valence electrons. The lowest BCUT2D eigenvalue weighted by molar-refractivity contribution is -0.137. The Bertz CT molecular complexity index is 1430. The highest BCUT2D eigenvalue weighted by molar-refractivity contribution is 6.04. The van der Waals surface area contributed by atoms with Crippen LogP contribution in [0.3, 0.4) is 0 Å². The molecule has 5 rings (SSSR count). The van der Waals surface area contributed by atoms with Crippen molar-refractivity contribution in [3.63, 3.8) is 0 Å². The number of halogens is 3. The summed E-state index contributed by atoms with van der Waals surface area (Å²) in [7, 11) is 0. The van der Waals surface area contributed by atoms with Gasteiger partial charge < -0.3 is 15.2 Å². The summed E-state index contributed by atoms with van der Waals surface area (Å²) in [6.45, 7) is 2.19. The van der Waals surface area contributed by atoms with E-state index in [0.717, 1.165) is 6.07 Å². The van der Waals surface area contributed by atoms with Crippen molar-refractivity contribution in [1.29, 1.82) is 0 Å². The minimum Gasteiger partial charge on any atom is -0.371 e. The summed E-state index contributed by atoms with van der Waals surface area (Å²) in [6, 6.07) is 11.9. The van der Waals surface area contributed by atoms with Gasteiger partial charge in [-0.2, -0.15) is 13.2 Å². The number of hydrogen-bond donors (Lipinski definition) is 2. The van der Waals surface area contributed by atoms with Gasteiger partial charge in [-0.25, -0.2) is 20.0 Å². The number of aromatic nitrogens is 4. The van der Waals surface area contributed by atoms with Gasteiger partial charge in [0.1, 0.15) is 6.67 Å². The zero-order valence-corrected chi connectivity index (χ0v) is 19.5. The number of anilines is 3. The third kappa shape index (κ3) is 5.08. The molecule has 0 spiro atoms. The Kier molecular flexibility index (Phi) is 6.22. The van der Waals surface area contributed by atoms with Gasteiger partial charge in [-0.3, -0.25) is 9.80 Å². The maximum atomic E-state index is 13.6. The summed E-state index contributed by atoms with van der Waals surface area (Å²) in [5.41, 5.74) is 0.859. The van der Waals surface area contributed by atoms with Crippen molar-refractivity contribution in [3.05, 3.63) is 103 Å². The van der Waals surface area contributed by atoms with Crippen LogP contribution >= 0.6 is 0 Å². The van der Waals surface area contributed by atoms with E-state index in [-0.39, 0.29) is 11.4 Å². The Labute approximate surface area is 209 Å². The van der Waals surface area contributed by atoms with E-state index in [4.69, 9.17) is 0 Å². The number of hydrazine groups is 1. The SMILES string of the molecule is Cc1cn(-c2cc(NC(=O)c3ccc(N(c4ncccn4)N4C=CNC4)cc3)ccc2C(F)(F)F)cn1. The van der Waals surface area contributed by atoms with Crippen LogP contribution in [0.25, 0.3) is 5.69 Å². The number of carbonyl (C=O) groups is 1. The van der Waals surface area contributed by atoms with Crippen LogP contribution < -0.4 is 15.6 Å². The van der Waals surface area contributed by atoms with E-state index in [1.165, 1.54) is 29.2 Å². The standard InChI is InChI=1S/C25H21F3N8O/c1-17-14-34(16-32-17)22-13-19(5-8-21(22)25(26,27)28)33-23(37)18-3-6-20(7-4-18)36(35-12-11-29-15-35)24-30-9-2-10-31-24/h2-14,16,29H,15H2,1H3,(H,33,37). The second-order valence-corrected chi connectivity index (χ2v) is 8.13. The van der Waals surface area contributed by atoms with Crippen LogP contribution in [0, 0.1) is 6.92 Å². The fourth-order valence-corrected chi connectivity index (χ4v) is 3.83. The van der Waals surface area contributed by atoms with Crippen LogP contribution in [0.15, 0.2) is 85.8 Å². The van der Waals surface area contributed by atoms with E-state index in [0.29, 0.717) is 29.6 Å². The van der Waals surface area contributed by atoms with Crippen LogP contribution in [0.2, 0.25) is 0 Å². The van der Waals surface area contributed by atoms with E-state index in [1.54, 1.807) is 60.9 Å². The van der Waals surface area contributed by atoms with E-state index < -0.39 is 17.6 Å². The molecule has 2 N–H and O–H groups in total. The quantitative estimate of drug-likeness (QED) is 0.394. The molecule has 4 aromatic rings. The number of amides is 1. The smallest absolute Gasteiger partial charge is 0.371 e. The molecule has 37 heavy (non-hydrogen) atoms. The number of nitrogens with one attached hydrogen (secondary N) is 2. The summed E-state index contributed by atoms with van der Waals surface area (Å²) >= 11 is 0. The highest BCUT2D eigenvalue weighted by Crippen LogP contribution is 2.35. The third-order valence-electron chi connectivity index (χ3n) is 5.54. The average Bonchev–Trinajstić information content (AvgIpc) is 3.57. The van der Waals surface area contributed by atoms with Crippen molar-refractivity contribution in [2.75, 3.05) is 17.0 Å². The number of rotatable bonds is 6. The molecule has 1 aliphatic heterocycles. The molecule has 0 unspecified atom stereocenters. The Balaban J connectivity index is 1.39. The molecule has 2 aromatic heterocycles. The summed E-state index contributed by atoms with van der Waals surface area (Å²) in [4.78, 5) is 25.6. The molecular weight excluding hydrogens is 485 g/mol. The molecular formula is C25H21F3N8O. The zero-order chi connectivity index (χ0) is 26.0. The largest absolute Gasteiger partial charge is 0.418 e. The molecule has 0 radical (unpaired) electrons. The molecule has 0 saturated heterocycles.